The molecule has 2 heterocycles. The predicted molar refractivity (Wildman–Crippen MR) is 52.3 cm³/mol. The van der Waals surface area contributed by atoms with Crippen LogP contribution in [0.15, 0.2) is 0 Å². The highest BCUT2D eigenvalue weighted by atomic mass is 35.5. The van der Waals surface area contributed by atoms with Crippen molar-refractivity contribution in [3.63, 3.8) is 0 Å². The maximum Gasteiger partial charge on any atom is 0.0926 e. The summed E-state index contributed by atoms with van der Waals surface area (Å²) in [7, 11) is 0. The molecule has 2 aliphatic heterocycles. The number of hydrogen-bond acceptors (Lipinski definition) is 2. The molecule has 1 nitrogen and oxygen atoms in total. The molecule has 2 saturated heterocycles. The molecule has 2 unspecified atom stereocenters. The monoisotopic (exact) mass is 202 g/mol. The fourth-order valence-corrected chi connectivity index (χ4v) is 2.74. The molecule has 2 rings (SSSR count). The van der Waals surface area contributed by atoms with E-state index in [1.54, 1.807) is 0 Å². The fraction of sp³-hybridized carbons (Fsp3) is 0.778. The van der Waals surface area contributed by atoms with Crippen LogP contribution in [0.3, 0.4) is 0 Å². The second kappa shape index (κ2) is 3.91. The maximum atomic E-state index is 6.05. The van der Waals surface area contributed by atoms with Crippen molar-refractivity contribution >= 4 is 23.4 Å². The molecule has 0 aliphatic carbocycles. The zero-order chi connectivity index (χ0) is 8.39. The van der Waals surface area contributed by atoms with E-state index >= 15 is 0 Å². The highest BCUT2D eigenvalue weighted by Gasteiger charge is 2.24. The van der Waals surface area contributed by atoms with Gasteiger partial charge in [-0.15, -0.1) is 23.4 Å². The lowest BCUT2D eigenvalue weighted by atomic mass is 10.1. The Morgan fingerprint density at radius 3 is 2.67 bits per heavy atom. The molecule has 0 aromatic rings. The van der Waals surface area contributed by atoms with Gasteiger partial charge in [0.25, 0.3) is 0 Å². The maximum absolute atomic E-state index is 6.05. The summed E-state index contributed by atoms with van der Waals surface area (Å²) in [5, 5.41) is 0. The predicted octanol–water partition coefficient (Wildman–Crippen LogP) is 1.95. The lowest BCUT2D eigenvalue weighted by Gasteiger charge is -2.20. The van der Waals surface area contributed by atoms with Crippen LogP contribution in [0.2, 0.25) is 0 Å². The summed E-state index contributed by atoms with van der Waals surface area (Å²) in [5.74, 6) is 8.53. The minimum absolute atomic E-state index is 0.221. The molecule has 0 saturated carbocycles. The molecule has 2 aliphatic rings. The summed E-state index contributed by atoms with van der Waals surface area (Å²) >= 11 is 7.87. The zero-order valence-corrected chi connectivity index (χ0v) is 8.33. The Morgan fingerprint density at radius 2 is 2.17 bits per heavy atom. The van der Waals surface area contributed by atoms with Crippen LogP contribution in [0.5, 0.6) is 0 Å². The van der Waals surface area contributed by atoms with Crippen LogP contribution in [0.4, 0.5) is 0 Å². The van der Waals surface area contributed by atoms with Crippen LogP contribution >= 0.6 is 23.4 Å². The molecule has 0 bridgehead atoms. The fourth-order valence-electron chi connectivity index (χ4n) is 1.24. The summed E-state index contributed by atoms with van der Waals surface area (Å²) in [6, 6.07) is 0. The van der Waals surface area contributed by atoms with E-state index in [4.69, 9.17) is 16.3 Å². The van der Waals surface area contributed by atoms with E-state index in [1.165, 1.54) is 0 Å². The molecule has 0 spiro atoms. The Kier molecular flexibility index (Phi) is 2.85. The number of ether oxygens (including phenoxy) is 1. The van der Waals surface area contributed by atoms with Gasteiger partial charge in [-0.3, -0.25) is 0 Å². The van der Waals surface area contributed by atoms with Gasteiger partial charge in [-0.05, 0) is 12.2 Å². The summed E-state index contributed by atoms with van der Waals surface area (Å²) < 4.78 is 5.26. The van der Waals surface area contributed by atoms with E-state index in [1.807, 2.05) is 11.8 Å². The highest BCUT2D eigenvalue weighted by molar-refractivity contribution is 8.01. The van der Waals surface area contributed by atoms with Gasteiger partial charge in [0.2, 0.25) is 0 Å². The van der Waals surface area contributed by atoms with Crippen LogP contribution in [0.25, 0.3) is 0 Å². The number of rotatable bonds is 0. The molecule has 2 atom stereocenters. The average Bonchev–Trinajstić information content (AvgIpc) is 2.33. The molecule has 0 amide bonds. The van der Waals surface area contributed by atoms with Crippen molar-refractivity contribution in [2.75, 3.05) is 19.0 Å². The van der Waals surface area contributed by atoms with Crippen molar-refractivity contribution in [3.8, 4) is 11.8 Å². The zero-order valence-electron chi connectivity index (χ0n) is 6.75. The van der Waals surface area contributed by atoms with Gasteiger partial charge in [0.15, 0.2) is 0 Å². The number of alkyl halides is 1. The minimum atomic E-state index is 0.221. The van der Waals surface area contributed by atoms with Gasteiger partial charge < -0.3 is 4.74 Å². The molecular weight excluding hydrogens is 192 g/mol. The van der Waals surface area contributed by atoms with Gasteiger partial charge in [0.1, 0.15) is 0 Å². The molecule has 0 radical (unpaired) electrons. The van der Waals surface area contributed by atoms with Crippen molar-refractivity contribution in [1.82, 2.24) is 0 Å². The number of thioether (sulfide) groups is 1. The van der Waals surface area contributed by atoms with Crippen LogP contribution < -0.4 is 0 Å². The first-order valence-corrected chi connectivity index (χ1v) is 5.69. The molecule has 0 aromatic heterocycles. The summed E-state index contributed by atoms with van der Waals surface area (Å²) in [4.78, 5) is 0. The van der Waals surface area contributed by atoms with E-state index in [9.17, 15) is 0 Å². The first-order valence-electron chi connectivity index (χ1n) is 4.21. The van der Waals surface area contributed by atoms with E-state index in [0.29, 0.717) is 11.8 Å². The Balaban J connectivity index is 1.86. The van der Waals surface area contributed by atoms with E-state index in [2.05, 4.69) is 11.8 Å². The number of halogens is 1. The standard InChI is InChI=1S/C9H11ClOS/c10-9-8(3-4-12-9)2-1-7-5-11-6-7/h7-9H,3-6H2. The first kappa shape index (κ1) is 8.74. The highest BCUT2D eigenvalue weighted by Crippen LogP contribution is 2.34. The minimum Gasteiger partial charge on any atom is -0.379 e. The van der Waals surface area contributed by atoms with Crippen molar-refractivity contribution in [1.29, 1.82) is 0 Å². The largest absolute Gasteiger partial charge is 0.379 e. The lowest BCUT2D eigenvalue weighted by molar-refractivity contribution is -0.00308. The second-order valence-corrected chi connectivity index (χ2v) is 5.12. The molecule has 12 heavy (non-hydrogen) atoms. The van der Waals surface area contributed by atoms with E-state index in [-0.39, 0.29) is 4.71 Å². The van der Waals surface area contributed by atoms with E-state index in [0.717, 1.165) is 25.4 Å². The smallest absolute Gasteiger partial charge is 0.0926 e. The third-order valence-electron chi connectivity index (χ3n) is 2.13. The Labute approximate surface area is 82.2 Å². The van der Waals surface area contributed by atoms with Gasteiger partial charge in [-0.25, -0.2) is 0 Å². The Hall–Kier alpha value is 0.160. The Morgan fingerprint density at radius 1 is 1.33 bits per heavy atom. The topological polar surface area (TPSA) is 9.23 Å². The molecule has 3 heteroatoms. The van der Waals surface area contributed by atoms with Crippen molar-refractivity contribution in [3.05, 3.63) is 0 Å². The van der Waals surface area contributed by atoms with Gasteiger partial charge in [-0.1, -0.05) is 11.8 Å². The van der Waals surface area contributed by atoms with Crippen LogP contribution in [-0.2, 0) is 4.74 Å². The molecule has 66 valence electrons. The first-order chi connectivity index (χ1) is 5.86. The quantitative estimate of drug-likeness (QED) is 0.439. The second-order valence-electron chi connectivity index (χ2n) is 3.14. The van der Waals surface area contributed by atoms with Crippen molar-refractivity contribution in [2.45, 2.75) is 11.1 Å². The molecule has 0 N–H and O–H groups in total. The summed E-state index contributed by atoms with van der Waals surface area (Å²) in [5.41, 5.74) is 0. The van der Waals surface area contributed by atoms with Crippen molar-refractivity contribution in [2.24, 2.45) is 11.8 Å². The third-order valence-corrected chi connectivity index (χ3v) is 3.93. The summed E-state index contributed by atoms with van der Waals surface area (Å²) in [6.07, 6.45) is 1.15. The van der Waals surface area contributed by atoms with Crippen LogP contribution in [0, 0.1) is 23.7 Å². The molecule has 0 aromatic carbocycles. The van der Waals surface area contributed by atoms with Crippen LogP contribution in [0.1, 0.15) is 6.42 Å². The molecule has 2 fully saturated rings. The van der Waals surface area contributed by atoms with E-state index < -0.39 is 0 Å². The Bertz CT molecular complexity index is 216. The third kappa shape index (κ3) is 1.90. The van der Waals surface area contributed by atoms with Gasteiger partial charge in [0.05, 0.1) is 23.8 Å². The van der Waals surface area contributed by atoms with Gasteiger partial charge in [0, 0.05) is 5.92 Å². The van der Waals surface area contributed by atoms with Crippen molar-refractivity contribution < 1.29 is 4.74 Å². The lowest BCUT2D eigenvalue weighted by Crippen LogP contribution is -2.25. The van der Waals surface area contributed by atoms with Crippen LogP contribution in [-0.4, -0.2) is 23.7 Å². The van der Waals surface area contributed by atoms with Gasteiger partial charge >= 0.3 is 0 Å². The normalized spacial score (nSPS) is 35.4. The average molecular weight is 203 g/mol. The SMILES string of the molecule is ClC1SCCC1C#CC1COC1. The molecular formula is C9H11ClOS. The number of hydrogen-bond donors (Lipinski definition) is 0. The summed E-state index contributed by atoms with van der Waals surface area (Å²) in [6.45, 7) is 1.64. The van der Waals surface area contributed by atoms with Gasteiger partial charge in [-0.2, -0.15) is 0 Å².